The van der Waals surface area contributed by atoms with Crippen molar-refractivity contribution < 1.29 is 9.47 Å². The van der Waals surface area contributed by atoms with Gasteiger partial charge in [-0.05, 0) is 37.6 Å². The van der Waals surface area contributed by atoms with Gasteiger partial charge in [0, 0.05) is 39.9 Å². The Morgan fingerprint density at radius 1 is 1.33 bits per heavy atom. The molecule has 27 heavy (non-hydrogen) atoms. The molecule has 6 nitrogen and oxygen atoms in total. The van der Waals surface area contributed by atoms with Crippen molar-refractivity contribution in [3.63, 3.8) is 0 Å². The Labute approximate surface area is 181 Å². The second-order valence-electron chi connectivity index (χ2n) is 6.71. The van der Waals surface area contributed by atoms with Crippen LogP contribution in [0.25, 0.3) is 0 Å². The van der Waals surface area contributed by atoms with Crippen LogP contribution < -0.4 is 10.6 Å². The highest BCUT2D eigenvalue weighted by Crippen LogP contribution is 2.08. The van der Waals surface area contributed by atoms with Crippen molar-refractivity contribution in [3.05, 3.63) is 35.4 Å². The predicted octanol–water partition coefficient (Wildman–Crippen LogP) is 2.62. The largest absolute Gasteiger partial charge is 0.379 e. The summed E-state index contributed by atoms with van der Waals surface area (Å²) in [6.07, 6.45) is 2.26. The Kier molecular flexibility index (Phi) is 12.6. The van der Waals surface area contributed by atoms with Crippen molar-refractivity contribution in [2.75, 3.05) is 47.0 Å². The van der Waals surface area contributed by atoms with Gasteiger partial charge in [0.25, 0.3) is 0 Å². The van der Waals surface area contributed by atoms with Crippen LogP contribution in [0, 0.1) is 0 Å². The zero-order valence-corrected chi connectivity index (χ0v) is 19.2. The number of halogens is 1. The Hall–Kier alpha value is -0.900. The third-order valence-electron chi connectivity index (χ3n) is 4.52. The van der Waals surface area contributed by atoms with E-state index < -0.39 is 0 Å². The number of rotatable bonds is 10. The minimum atomic E-state index is 0. The zero-order valence-electron chi connectivity index (χ0n) is 16.9. The second kappa shape index (κ2) is 14.1. The van der Waals surface area contributed by atoms with Gasteiger partial charge in [0.1, 0.15) is 0 Å². The normalized spacial score (nSPS) is 17.0. The van der Waals surface area contributed by atoms with E-state index >= 15 is 0 Å². The van der Waals surface area contributed by atoms with Crippen LogP contribution in [0.2, 0.25) is 0 Å². The molecule has 0 aliphatic carbocycles. The molecule has 1 fully saturated rings. The standard InChI is InChI=1S/C20H34N4O2.HI/c1-4-24(3)15-18-8-5-7-17(13-18)14-23-20(21-2)22-10-6-11-26-19-9-12-25-16-19;/h5,7-8,13,19H,4,6,9-12,14-16H2,1-3H3,(H2,21,22,23);1H. The Bertz CT molecular complexity index is 551. The van der Waals surface area contributed by atoms with E-state index in [0.717, 1.165) is 64.8 Å². The third kappa shape index (κ3) is 9.73. The van der Waals surface area contributed by atoms with Gasteiger partial charge in [0.15, 0.2) is 5.96 Å². The molecule has 1 atom stereocenters. The van der Waals surface area contributed by atoms with Crippen LogP contribution in [0.5, 0.6) is 0 Å². The highest BCUT2D eigenvalue weighted by atomic mass is 127. The van der Waals surface area contributed by atoms with Gasteiger partial charge in [-0.25, -0.2) is 0 Å². The van der Waals surface area contributed by atoms with E-state index in [1.54, 1.807) is 7.05 Å². The minimum Gasteiger partial charge on any atom is -0.379 e. The van der Waals surface area contributed by atoms with E-state index in [1.165, 1.54) is 11.1 Å². The van der Waals surface area contributed by atoms with Crippen molar-refractivity contribution in [3.8, 4) is 0 Å². The number of guanidine groups is 1. The maximum Gasteiger partial charge on any atom is 0.191 e. The van der Waals surface area contributed by atoms with E-state index in [1.807, 2.05) is 0 Å². The minimum absolute atomic E-state index is 0. The first kappa shape index (κ1) is 24.1. The SMILES string of the molecule is CCN(C)Cc1cccc(CNC(=NC)NCCCOC2CCOC2)c1.I. The molecule has 154 valence electrons. The molecular formula is C20H35IN4O2. The molecular weight excluding hydrogens is 455 g/mol. The highest BCUT2D eigenvalue weighted by Gasteiger charge is 2.15. The lowest BCUT2D eigenvalue weighted by Gasteiger charge is -2.15. The monoisotopic (exact) mass is 490 g/mol. The van der Waals surface area contributed by atoms with Crippen LogP contribution in [0.4, 0.5) is 0 Å². The molecule has 7 heteroatoms. The summed E-state index contributed by atoms with van der Waals surface area (Å²) in [4.78, 5) is 6.59. The van der Waals surface area contributed by atoms with Crippen LogP contribution in [0.1, 0.15) is 30.9 Å². The van der Waals surface area contributed by atoms with Crippen LogP contribution in [0.15, 0.2) is 29.3 Å². The molecule has 0 radical (unpaired) electrons. The lowest BCUT2D eigenvalue weighted by Crippen LogP contribution is -2.37. The van der Waals surface area contributed by atoms with Crippen LogP contribution in [-0.2, 0) is 22.6 Å². The molecule has 1 aliphatic heterocycles. The fourth-order valence-corrected chi connectivity index (χ4v) is 2.84. The molecule has 1 saturated heterocycles. The molecule has 2 rings (SSSR count). The summed E-state index contributed by atoms with van der Waals surface area (Å²) in [7, 11) is 3.94. The average Bonchev–Trinajstić information content (AvgIpc) is 3.17. The fourth-order valence-electron chi connectivity index (χ4n) is 2.84. The van der Waals surface area contributed by atoms with Gasteiger partial charge < -0.3 is 25.0 Å². The van der Waals surface area contributed by atoms with Gasteiger partial charge in [-0.15, -0.1) is 24.0 Å². The maximum atomic E-state index is 5.77. The van der Waals surface area contributed by atoms with Crippen molar-refractivity contribution in [1.82, 2.24) is 15.5 Å². The van der Waals surface area contributed by atoms with E-state index in [2.05, 4.69) is 58.8 Å². The summed E-state index contributed by atoms with van der Waals surface area (Å²) in [5.41, 5.74) is 2.60. The van der Waals surface area contributed by atoms with E-state index in [4.69, 9.17) is 9.47 Å². The summed E-state index contributed by atoms with van der Waals surface area (Å²) in [6, 6.07) is 8.70. The maximum absolute atomic E-state index is 5.77. The second-order valence-corrected chi connectivity index (χ2v) is 6.71. The van der Waals surface area contributed by atoms with Crippen LogP contribution >= 0.6 is 24.0 Å². The molecule has 0 bridgehead atoms. The number of nitrogens with one attached hydrogen (secondary N) is 2. The van der Waals surface area contributed by atoms with Gasteiger partial charge in [-0.2, -0.15) is 0 Å². The summed E-state index contributed by atoms with van der Waals surface area (Å²) in [5, 5.41) is 6.72. The van der Waals surface area contributed by atoms with Gasteiger partial charge in [-0.3, -0.25) is 4.99 Å². The smallest absolute Gasteiger partial charge is 0.191 e. The number of hydrogen-bond acceptors (Lipinski definition) is 4. The molecule has 0 aromatic heterocycles. The van der Waals surface area contributed by atoms with Gasteiger partial charge in [0.2, 0.25) is 0 Å². The molecule has 0 spiro atoms. The lowest BCUT2D eigenvalue weighted by atomic mass is 10.1. The summed E-state index contributed by atoms with van der Waals surface area (Å²) < 4.78 is 11.1. The zero-order chi connectivity index (χ0) is 18.6. The topological polar surface area (TPSA) is 58.1 Å². The molecule has 2 N–H and O–H groups in total. The Balaban J connectivity index is 0.00000364. The molecule has 0 amide bonds. The first-order valence-corrected chi connectivity index (χ1v) is 9.61. The lowest BCUT2D eigenvalue weighted by molar-refractivity contribution is 0.0420. The van der Waals surface area contributed by atoms with Crippen LogP contribution in [0.3, 0.4) is 0 Å². The predicted molar refractivity (Wildman–Crippen MR) is 122 cm³/mol. The van der Waals surface area contributed by atoms with Crippen molar-refractivity contribution in [2.45, 2.75) is 39.0 Å². The average molecular weight is 490 g/mol. The summed E-state index contributed by atoms with van der Waals surface area (Å²) in [6.45, 7) is 8.13. The third-order valence-corrected chi connectivity index (χ3v) is 4.52. The first-order valence-electron chi connectivity index (χ1n) is 9.61. The van der Waals surface area contributed by atoms with E-state index in [9.17, 15) is 0 Å². The van der Waals surface area contributed by atoms with Crippen molar-refractivity contribution in [2.24, 2.45) is 4.99 Å². The Morgan fingerprint density at radius 2 is 2.15 bits per heavy atom. The molecule has 1 aromatic carbocycles. The molecule has 0 saturated carbocycles. The number of aliphatic imine (C=N–C) groups is 1. The summed E-state index contributed by atoms with van der Waals surface area (Å²) in [5.74, 6) is 0.824. The van der Waals surface area contributed by atoms with E-state index in [-0.39, 0.29) is 30.1 Å². The highest BCUT2D eigenvalue weighted by molar-refractivity contribution is 14.0. The van der Waals surface area contributed by atoms with Crippen LogP contribution in [-0.4, -0.2) is 64.0 Å². The quantitative estimate of drug-likeness (QED) is 0.229. The number of benzene rings is 1. The fraction of sp³-hybridized carbons (Fsp3) is 0.650. The molecule has 1 aromatic rings. The molecule has 1 aliphatic rings. The van der Waals surface area contributed by atoms with Gasteiger partial charge in [0.05, 0.1) is 12.7 Å². The Morgan fingerprint density at radius 3 is 2.85 bits per heavy atom. The van der Waals surface area contributed by atoms with E-state index in [0.29, 0.717) is 0 Å². The van der Waals surface area contributed by atoms with Crippen molar-refractivity contribution in [1.29, 1.82) is 0 Å². The molecule has 1 unspecified atom stereocenters. The van der Waals surface area contributed by atoms with Gasteiger partial charge >= 0.3 is 0 Å². The van der Waals surface area contributed by atoms with Crippen molar-refractivity contribution >= 4 is 29.9 Å². The molecule has 1 heterocycles. The number of hydrogen-bond donors (Lipinski definition) is 2. The van der Waals surface area contributed by atoms with Gasteiger partial charge in [-0.1, -0.05) is 31.2 Å². The summed E-state index contributed by atoms with van der Waals surface area (Å²) >= 11 is 0. The number of ether oxygens (including phenoxy) is 2. The number of nitrogens with zero attached hydrogens (tertiary/aromatic N) is 2. The first-order chi connectivity index (χ1) is 12.7.